The van der Waals surface area contributed by atoms with Gasteiger partial charge < -0.3 is 30.1 Å². The molecular weight excluding hydrogens is 509 g/mol. The van der Waals surface area contributed by atoms with Crippen molar-refractivity contribution in [2.24, 2.45) is 0 Å². The van der Waals surface area contributed by atoms with Crippen LogP contribution in [0.1, 0.15) is 31.2 Å². The number of carboxylic acids is 2. The molecule has 0 aliphatic carbocycles. The quantitative estimate of drug-likeness (QED) is 0.319. The number of carboxylic acid groups (broad SMARTS) is 2. The lowest BCUT2D eigenvalue weighted by atomic mass is 9.70. The van der Waals surface area contributed by atoms with Crippen LogP contribution in [0, 0.1) is 3.57 Å². The van der Waals surface area contributed by atoms with Crippen LogP contribution in [0.4, 0.5) is 0 Å². The van der Waals surface area contributed by atoms with E-state index in [9.17, 15) is 14.4 Å². The zero-order valence-corrected chi connectivity index (χ0v) is 18.9. The number of methoxy groups -OCH3 is 1. The van der Waals surface area contributed by atoms with Crippen LogP contribution in [-0.4, -0.2) is 81.7 Å². The second-order valence-corrected chi connectivity index (χ2v) is 8.85. The van der Waals surface area contributed by atoms with Crippen LogP contribution in [0.15, 0.2) is 24.3 Å². The third-order valence-electron chi connectivity index (χ3n) is 5.93. The van der Waals surface area contributed by atoms with Gasteiger partial charge >= 0.3 is 17.9 Å². The molecule has 2 fully saturated rings. The standard InChI is InChI=1S/C16H20INO2.C4H6O6/c1-18-13-7-8-14(18)10-16(9-13,15(19)20-2)11-3-5-12(17)6-4-11;5-1(3(7)8)2(6)4(9)10/h3-6,13-14H,7-10H2,1-2H3;1-2,5-6H,(H,7,8)(H,9,10). The zero-order valence-electron chi connectivity index (χ0n) is 16.7. The van der Waals surface area contributed by atoms with Crippen LogP contribution >= 0.6 is 22.6 Å². The van der Waals surface area contributed by atoms with E-state index >= 15 is 0 Å². The molecule has 9 nitrogen and oxygen atoms in total. The SMILES string of the molecule is COC(=O)C1(c2ccc(I)cc2)CC2CCC(C1)N2C.O=C(O)C(O)C(O)C(=O)O. The zero-order chi connectivity index (χ0) is 22.6. The minimum absolute atomic E-state index is 0.0660. The predicted molar refractivity (Wildman–Crippen MR) is 114 cm³/mol. The van der Waals surface area contributed by atoms with Gasteiger partial charge in [-0.3, -0.25) is 4.79 Å². The first kappa shape index (κ1) is 24.5. The molecule has 4 unspecified atom stereocenters. The molecule has 10 heteroatoms. The van der Waals surface area contributed by atoms with Crippen molar-refractivity contribution in [1.82, 2.24) is 4.90 Å². The average molecular weight is 535 g/mol. The third kappa shape index (κ3) is 5.10. The van der Waals surface area contributed by atoms with Crippen molar-refractivity contribution in [3.63, 3.8) is 0 Å². The summed E-state index contributed by atoms with van der Waals surface area (Å²) in [5, 5.41) is 32.5. The van der Waals surface area contributed by atoms with Crippen LogP contribution < -0.4 is 0 Å². The number of hydrogen-bond acceptors (Lipinski definition) is 7. The fourth-order valence-corrected chi connectivity index (χ4v) is 4.58. The highest BCUT2D eigenvalue weighted by Gasteiger charge is 2.52. The van der Waals surface area contributed by atoms with Gasteiger partial charge in [-0.1, -0.05) is 12.1 Å². The molecule has 0 saturated carbocycles. The molecule has 1 aromatic rings. The minimum Gasteiger partial charge on any atom is -0.479 e. The number of rotatable bonds is 5. The fraction of sp³-hybridized carbons (Fsp3) is 0.550. The maximum atomic E-state index is 12.6. The number of ether oxygens (including phenoxy) is 1. The normalized spacial score (nSPS) is 27.4. The lowest BCUT2D eigenvalue weighted by Crippen LogP contribution is -2.51. The van der Waals surface area contributed by atoms with Crippen molar-refractivity contribution < 1.29 is 39.5 Å². The van der Waals surface area contributed by atoms with Gasteiger partial charge in [-0.15, -0.1) is 0 Å². The van der Waals surface area contributed by atoms with Gasteiger partial charge in [-0.2, -0.15) is 0 Å². The van der Waals surface area contributed by atoms with Gasteiger partial charge in [0.25, 0.3) is 0 Å². The van der Waals surface area contributed by atoms with E-state index in [1.54, 1.807) is 0 Å². The Morgan fingerprint density at radius 3 is 1.83 bits per heavy atom. The molecule has 2 saturated heterocycles. The molecular formula is C20H26INO8. The highest BCUT2D eigenvalue weighted by atomic mass is 127. The van der Waals surface area contributed by atoms with Crippen molar-refractivity contribution in [2.75, 3.05) is 14.2 Å². The summed E-state index contributed by atoms with van der Waals surface area (Å²) in [7, 11) is 3.70. The van der Waals surface area contributed by atoms with E-state index < -0.39 is 29.6 Å². The van der Waals surface area contributed by atoms with E-state index in [1.165, 1.54) is 23.5 Å². The first-order chi connectivity index (χ1) is 14.0. The second-order valence-electron chi connectivity index (χ2n) is 7.61. The molecule has 0 aromatic heterocycles. The predicted octanol–water partition coefficient (Wildman–Crippen LogP) is 0.836. The van der Waals surface area contributed by atoms with Crippen LogP contribution in [0.5, 0.6) is 0 Å². The average Bonchev–Trinajstić information content (AvgIpc) is 2.93. The van der Waals surface area contributed by atoms with E-state index in [4.69, 9.17) is 25.2 Å². The number of piperidine rings is 1. The van der Waals surface area contributed by atoms with Crippen molar-refractivity contribution in [3.8, 4) is 0 Å². The molecule has 2 aliphatic heterocycles. The molecule has 0 amide bonds. The molecule has 3 rings (SSSR count). The molecule has 2 aliphatic rings. The number of aliphatic carboxylic acids is 2. The van der Waals surface area contributed by atoms with Crippen LogP contribution in [0.25, 0.3) is 0 Å². The van der Waals surface area contributed by atoms with Gasteiger partial charge in [0, 0.05) is 15.7 Å². The molecule has 0 radical (unpaired) electrons. The summed E-state index contributed by atoms with van der Waals surface area (Å²) < 4.78 is 6.37. The fourth-order valence-electron chi connectivity index (χ4n) is 4.22. The maximum Gasteiger partial charge on any atom is 0.335 e. The number of aliphatic hydroxyl groups excluding tert-OH is 2. The van der Waals surface area contributed by atoms with E-state index in [0.717, 1.165) is 18.4 Å². The third-order valence-corrected chi connectivity index (χ3v) is 6.65. The molecule has 4 atom stereocenters. The molecule has 0 spiro atoms. The number of fused-ring (bicyclic) bond motifs is 2. The number of halogens is 1. The lowest BCUT2D eigenvalue weighted by molar-refractivity contribution is -0.165. The van der Waals surface area contributed by atoms with Gasteiger partial charge in [0.2, 0.25) is 0 Å². The number of benzene rings is 1. The molecule has 4 N–H and O–H groups in total. The summed E-state index contributed by atoms with van der Waals surface area (Å²) in [6, 6.07) is 9.38. The van der Waals surface area contributed by atoms with Gasteiger partial charge in [0.15, 0.2) is 12.2 Å². The van der Waals surface area contributed by atoms with Crippen LogP contribution in [0.3, 0.4) is 0 Å². The van der Waals surface area contributed by atoms with Crippen molar-refractivity contribution >= 4 is 40.5 Å². The number of nitrogens with zero attached hydrogens (tertiary/aromatic N) is 1. The van der Waals surface area contributed by atoms with Gasteiger partial charge in [-0.05, 0) is 73.0 Å². The summed E-state index contributed by atoms with van der Waals surface area (Å²) in [6.07, 6.45) is -0.371. The maximum absolute atomic E-state index is 12.6. The smallest absolute Gasteiger partial charge is 0.335 e. The number of carbonyl (C=O) groups is 3. The first-order valence-electron chi connectivity index (χ1n) is 9.41. The minimum atomic E-state index is -2.27. The number of carbonyl (C=O) groups excluding carboxylic acids is 1. The van der Waals surface area contributed by atoms with E-state index in [2.05, 4.69) is 58.8 Å². The Balaban J connectivity index is 0.000000274. The Morgan fingerprint density at radius 2 is 1.47 bits per heavy atom. The number of aliphatic hydroxyl groups is 2. The molecule has 166 valence electrons. The first-order valence-corrected chi connectivity index (χ1v) is 10.5. The highest BCUT2D eigenvalue weighted by molar-refractivity contribution is 14.1. The van der Waals surface area contributed by atoms with Crippen LogP contribution in [-0.2, 0) is 24.5 Å². The Hall–Kier alpha value is -1.76. The van der Waals surface area contributed by atoms with Crippen LogP contribution in [0.2, 0.25) is 0 Å². The molecule has 2 heterocycles. The van der Waals surface area contributed by atoms with E-state index in [-0.39, 0.29) is 5.97 Å². The summed E-state index contributed by atoms with van der Waals surface area (Å²) in [5.74, 6) is -3.60. The Bertz CT molecular complexity index is 752. The highest BCUT2D eigenvalue weighted by Crippen LogP contribution is 2.47. The van der Waals surface area contributed by atoms with E-state index in [1.807, 2.05) is 0 Å². The van der Waals surface area contributed by atoms with Gasteiger partial charge in [-0.25, -0.2) is 9.59 Å². The molecule has 1 aromatic carbocycles. The molecule has 30 heavy (non-hydrogen) atoms. The van der Waals surface area contributed by atoms with Gasteiger partial charge in [0.1, 0.15) is 0 Å². The summed E-state index contributed by atoms with van der Waals surface area (Å²) in [5.41, 5.74) is 0.673. The number of hydrogen-bond donors (Lipinski definition) is 4. The summed E-state index contributed by atoms with van der Waals surface area (Å²) >= 11 is 2.30. The summed E-state index contributed by atoms with van der Waals surface area (Å²) in [4.78, 5) is 34.6. The lowest BCUT2D eigenvalue weighted by Gasteiger charge is -2.43. The molecule has 2 bridgehead atoms. The van der Waals surface area contributed by atoms with Crippen molar-refractivity contribution in [3.05, 3.63) is 33.4 Å². The Kier molecular flexibility index (Phi) is 8.20. The number of esters is 1. The Morgan fingerprint density at radius 1 is 1.03 bits per heavy atom. The van der Waals surface area contributed by atoms with Gasteiger partial charge in [0.05, 0.1) is 12.5 Å². The monoisotopic (exact) mass is 535 g/mol. The van der Waals surface area contributed by atoms with Crippen molar-refractivity contribution in [1.29, 1.82) is 0 Å². The Labute approximate surface area is 187 Å². The van der Waals surface area contributed by atoms with E-state index in [0.29, 0.717) is 12.1 Å². The summed E-state index contributed by atoms with van der Waals surface area (Å²) in [6.45, 7) is 0. The largest absolute Gasteiger partial charge is 0.479 e. The second kappa shape index (κ2) is 10.0. The van der Waals surface area contributed by atoms with Crippen molar-refractivity contribution in [2.45, 2.75) is 55.4 Å². The topological polar surface area (TPSA) is 145 Å².